The van der Waals surface area contributed by atoms with Crippen molar-refractivity contribution in [2.24, 2.45) is 0 Å². The quantitative estimate of drug-likeness (QED) is 0.513. The third-order valence-corrected chi connectivity index (χ3v) is 0. The second-order valence-electron chi connectivity index (χ2n) is 0.429. The minimum atomic E-state index is -2.00. The molecule has 0 aliphatic heterocycles. The Morgan fingerprint density at radius 2 is 1.23 bits per heavy atom. The Morgan fingerprint density at radius 3 is 1.23 bits per heavy atom. The molecule has 0 rings (SSSR count). The summed E-state index contributed by atoms with van der Waals surface area (Å²) in [4.78, 5) is 8.56. The molecule has 0 aromatic rings. The van der Waals surface area contributed by atoms with Crippen LogP contribution < -0.4 is 0 Å². The summed E-state index contributed by atoms with van der Waals surface area (Å²) in [5.41, 5.74) is 0. The van der Waals surface area contributed by atoms with E-state index in [1.165, 1.54) is 0 Å². The second-order valence-corrected chi connectivity index (χ2v) is 0.886. The number of hydrogen-bond acceptors (Lipinski definition) is 5. The van der Waals surface area contributed by atoms with E-state index in [1.54, 1.807) is 0 Å². The second kappa shape index (κ2) is 48.3. The van der Waals surface area contributed by atoms with Crippen molar-refractivity contribution in [3.8, 4) is 0 Å². The van der Waals surface area contributed by atoms with Crippen LogP contribution in [0.4, 0.5) is 4.79 Å². The summed E-state index contributed by atoms with van der Waals surface area (Å²) in [6, 6.07) is 0. The van der Waals surface area contributed by atoms with Crippen molar-refractivity contribution >= 4 is 53.1 Å². The topological polar surface area (TPSA) is 126 Å². The van der Waals surface area contributed by atoms with Crippen LogP contribution in [0.25, 0.3) is 0 Å². The number of carboxylic acid groups (broad SMARTS) is 2. The van der Waals surface area contributed by atoms with Crippen molar-refractivity contribution < 1.29 is 83.2 Å². The molecule has 0 aromatic carbocycles. The number of hydrogen-bond donors (Lipinski definition) is 2. The summed E-state index contributed by atoms with van der Waals surface area (Å²) in [6.07, 6.45) is -1.83. The fourth-order valence-corrected chi connectivity index (χ4v) is 0. The molecule has 0 aromatic heterocycles. The van der Waals surface area contributed by atoms with E-state index >= 15 is 0 Å². The van der Waals surface area contributed by atoms with E-state index in [4.69, 9.17) is 29.3 Å². The van der Waals surface area contributed by atoms with Crippen molar-refractivity contribution in [1.29, 1.82) is 0 Å². The van der Waals surface area contributed by atoms with Gasteiger partial charge in [0.2, 0.25) is 0 Å². The molecule has 13 heavy (non-hydrogen) atoms. The van der Waals surface area contributed by atoms with Gasteiger partial charge in [-0.3, -0.25) is 0 Å². The molecule has 0 saturated heterocycles. The molecule has 12 heteroatoms. The average Bonchev–Trinajstić information content (AvgIpc) is 1.92. The molecule has 0 heterocycles. The van der Waals surface area contributed by atoms with Crippen LogP contribution in [-0.2, 0) is 68.2 Å². The van der Waals surface area contributed by atoms with Crippen LogP contribution in [0.1, 0.15) is 0 Å². The molecular formula is CH4AgCaClMnO7Ti. The van der Waals surface area contributed by atoms with Gasteiger partial charge < -0.3 is 10.2 Å². The van der Waals surface area contributed by atoms with Gasteiger partial charge in [-0.05, 0) is 0 Å². The maximum atomic E-state index is 8.56. The Morgan fingerprint density at radius 1 is 1.23 bits per heavy atom. The third kappa shape index (κ3) is 506. The van der Waals surface area contributed by atoms with E-state index in [1.807, 2.05) is 0 Å². The third-order valence-electron chi connectivity index (χ3n) is 0. The zero-order chi connectivity index (χ0) is 11.0. The van der Waals surface area contributed by atoms with Gasteiger partial charge in [0.05, 0.1) is 0 Å². The molecule has 2 N–H and O–H groups in total. The van der Waals surface area contributed by atoms with E-state index in [-0.39, 0.29) is 37.7 Å². The summed E-state index contributed by atoms with van der Waals surface area (Å²) in [6.45, 7) is 0. The molecule has 0 unspecified atom stereocenters. The molecule has 0 spiro atoms. The molecular weight excluding hydrogens is 410 g/mol. The molecule has 81 valence electrons. The summed E-state index contributed by atoms with van der Waals surface area (Å²) in [7, 11) is 4.45. The Bertz CT molecular complexity index is 139. The Hall–Kier alpha value is 1.99. The predicted molar refractivity (Wildman–Crippen MR) is 27.8 cm³/mol. The first-order valence-electron chi connectivity index (χ1n) is 1.48. The summed E-state index contributed by atoms with van der Waals surface area (Å²) < 4.78 is 33.8. The summed E-state index contributed by atoms with van der Waals surface area (Å²) >= 11 is -1.02. The van der Waals surface area contributed by atoms with Crippen LogP contribution in [0.15, 0.2) is 0 Å². The fraction of sp³-hybridized carbons (Fsp3) is 0. The molecule has 0 amide bonds. The Kier molecular flexibility index (Phi) is 109. The fourth-order valence-electron chi connectivity index (χ4n) is 0. The Labute approximate surface area is 134 Å². The minimum absolute atomic E-state index is 0. The summed E-state index contributed by atoms with van der Waals surface area (Å²) in [5.74, 6) is 0. The van der Waals surface area contributed by atoms with E-state index in [9.17, 15) is 0 Å². The first-order valence-corrected chi connectivity index (χ1v) is 5.63. The van der Waals surface area contributed by atoms with E-state index < -0.39 is 40.1 Å². The van der Waals surface area contributed by atoms with Gasteiger partial charge in [-0.25, -0.2) is 4.79 Å². The van der Waals surface area contributed by atoms with E-state index in [0.29, 0.717) is 0 Å². The Balaban J connectivity index is -0.0000000220. The number of rotatable bonds is 0. The molecule has 0 aliphatic carbocycles. The van der Waals surface area contributed by atoms with E-state index in [2.05, 4.69) is 29.2 Å². The van der Waals surface area contributed by atoms with Gasteiger partial charge in [-0.1, -0.05) is 0 Å². The zero-order valence-corrected chi connectivity index (χ0v) is 9.97. The van der Waals surface area contributed by atoms with Gasteiger partial charge in [0.25, 0.3) is 0 Å². The first kappa shape index (κ1) is 29.4. The van der Waals surface area contributed by atoms with Gasteiger partial charge in [-0.2, -0.15) is 0 Å². The van der Waals surface area contributed by atoms with E-state index in [0.717, 1.165) is 0 Å². The standard InChI is InChI=1S/CH2O3.Ag.Ca.ClH.Mn.4O.Ti.2H/c2-1(3)4;;;;;;;;;;;/h(H2,2,3,4);;;1H;;;;;;;;/q;+1;;;;;;;;;;/p-1. The van der Waals surface area contributed by atoms with Crippen LogP contribution in [0.5, 0.6) is 0 Å². The van der Waals surface area contributed by atoms with Crippen LogP contribution >= 0.6 is 9.19 Å². The normalized spacial score (nSPS) is 3.92. The maximum absolute atomic E-state index is 8.56. The molecule has 0 saturated carbocycles. The van der Waals surface area contributed by atoms with Crippen molar-refractivity contribution in [3.63, 3.8) is 0 Å². The van der Waals surface area contributed by atoms with Crippen molar-refractivity contribution in [2.75, 3.05) is 0 Å². The summed E-state index contributed by atoms with van der Waals surface area (Å²) in [5, 5.41) is 13.9. The molecule has 0 aliphatic rings. The predicted octanol–water partition coefficient (Wildman–Crippen LogP) is -0.487. The van der Waals surface area contributed by atoms with Crippen molar-refractivity contribution in [3.05, 3.63) is 0 Å². The molecule has 0 atom stereocenters. The molecule has 0 bridgehead atoms. The van der Waals surface area contributed by atoms with Gasteiger partial charge in [0, 0.05) is 0 Å². The molecule has 0 radical (unpaired) electrons. The van der Waals surface area contributed by atoms with Crippen molar-refractivity contribution in [2.45, 2.75) is 0 Å². The van der Waals surface area contributed by atoms with Crippen LogP contribution in [0.3, 0.4) is 0 Å². The number of carbonyl (C=O) groups is 1. The van der Waals surface area contributed by atoms with Crippen LogP contribution in [-0.4, -0.2) is 54.1 Å². The van der Waals surface area contributed by atoms with Gasteiger partial charge in [0.15, 0.2) is 0 Å². The number of halogens is 1. The average molecular weight is 414 g/mol. The monoisotopic (exact) mass is 413 g/mol. The van der Waals surface area contributed by atoms with Gasteiger partial charge in [-0.15, -0.1) is 0 Å². The van der Waals surface area contributed by atoms with Crippen molar-refractivity contribution in [1.82, 2.24) is 0 Å². The zero-order valence-electron chi connectivity index (χ0n) is 4.99. The van der Waals surface area contributed by atoms with Crippen LogP contribution in [0.2, 0.25) is 0 Å². The van der Waals surface area contributed by atoms with Gasteiger partial charge >= 0.3 is 121 Å². The first-order chi connectivity index (χ1) is 5.56. The molecule has 0 fully saturated rings. The van der Waals surface area contributed by atoms with Crippen LogP contribution in [0, 0.1) is 0 Å². The SMILES string of the molecule is O=C(O)O.[CaH2].[Cl][Ag].[O]=[Mn]=[O].[O]=[Ti]=[O]. The van der Waals surface area contributed by atoms with Gasteiger partial charge in [0.1, 0.15) is 0 Å². The molecule has 7 nitrogen and oxygen atoms in total.